The van der Waals surface area contributed by atoms with Gasteiger partial charge < -0.3 is 9.42 Å². The highest BCUT2D eigenvalue weighted by atomic mass is 32.2. The molecule has 1 saturated heterocycles. The highest BCUT2D eigenvalue weighted by Crippen LogP contribution is 2.32. The van der Waals surface area contributed by atoms with Crippen LogP contribution in [-0.2, 0) is 0 Å². The number of carbonyl (C=O) groups is 1. The van der Waals surface area contributed by atoms with Gasteiger partial charge in [0.1, 0.15) is 5.76 Å². The summed E-state index contributed by atoms with van der Waals surface area (Å²) in [4.78, 5) is 14.9. The molecule has 4 rings (SSSR count). The summed E-state index contributed by atoms with van der Waals surface area (Å²) in [5.74, 6) is 1.69. The number of aryl methyl sites for hydroxylation is 2. The summed E-state index contributed by atoms with van der Waals surface area (Å²) in [6, 6.07) is 18.0. The van der Waals surface area contributed by atoms with Crippen molar-refractivity contribution >= 4 is 23.7 Å². The quantitative estimate of drug-likeness (QED) is 0.634. The first-order valence-corrected chi connectivity index (χ1v) is 9.87. The number of hydrogen-bond acceptors (Lipinski definition) is 4. The van der Waals surface area contributed by atoms with Crippen molar-refractivity contribution < 1.29 is 9.32 Å². The lowest BCUT2D eigenvalue weighted by atomic mass is 10.0. The molecule has 1 aromatic heterocycles. The average molecular weight is 376 g/mol. The summed E-state index contributed by atoms with van der Waals surface area (Å²) in [7, 11) is 0. The van der Waals surface area contributed by atoms with Gasteiger partial charge in [-0.05, 0) is 43.2 Å². The van der Waals surface area contributed by atoms with Crippen molar-refractivity contribution in [3.8, 4) is 11.1 Å². The van der Waals surface area contributed by atoms with Crippen LogP contribution in [0.4, 0.5) is 0 Å². The Hall–Kier alpha value is -2.79. The van der Waals surface area contributed by atoms with Gasteiger partial charge in [0.2, 0.25) is 0 Å². The van der Waals surface area contributed by atoms with Crippen molar-refractivity contribution in [1.82, 2.24) is 10.1 Å². The number of aromatic nitrogens is 1. The molecule has 0 radical (unpaired) electrons. The Kier molecular flexibility index (Phi) is 4.86. The molecule has 4 nitrogen and oxygen atoms in total. The number of thioether (sulfide) groups is 1. The van der Waals surface area contributed by atoms with Crippen molar-refractivity contribution in [3.63, 3.8) is 0 Å². The molecule has 5 heteroatoms. The van der Waals surface area contributed by atoms with E-state index in [1.807, 2.05) is 67.3 Å². The smallest absolute Gasteiger partial charge is 0.258 e. The molecule has 0 N–H and O–H groups in total. The molecule has 0 spiro atoms. The second-order valence-electron chi connectivity index (χ2n) is 6.47. The molecule has 27 heavy (non-hydrogen) atoms. The van der Waals surface area contributed by atoms with Gasteiger partial charge in [0.05, 0.1) is 10.7 Å². The predicted octanol–water partition coefficient (Wildman–Crippen LogP) is 5.15. The van der Waals surface area contributed by atoms with Gasteiger partial charge in [-0.15, -0.1) is 11.8 Å². The zero-order valence-electron chi connectivity index (χ0n) is 15.3. The van der Waals surface area contributed by atoms with E-state index in [9.17, 15) is 4.79 Å². The summed E-state index contributed by atoms with van der Waals surface area (Å²) in [6.07, 6.45) is 2.01. The predicted molar refractivity (Wildman–Crippen MR) is 109 cm³/mol. The van der Waals surface area contributed by atoms with Gasteiger partial charge in [-0.3, -0.25) is 4.79 Å². The van der Waals surface area contributed by atoms with E-state index in [0.29, 0.717) is 12.1 Å². The summed E-state index contributed by atoms with van der Waals surface area (Å²) in [5.41, 5.74) is 4.74. The SMILES string of the molecule is Cc1noc(C)c1/C=C1/SCCN1C(=O)c1ccc(-c2ccccc2)cc1. The van der Waals surface area contributed by atoms with Gasteiger partial charge in [0.25, 0.3) is 5.91 Å². The molecule has 0 unspecified atom stereocenters. The van der Waals surface area contributed by atoms with E-state index in [0.717, 1.165) is 38.9 Å². The molecular weight excluding hydrogens is 356 g/mol. The first kappa shape index (κ1) is 17.6. The molecule has 0 saturated carbocycles. The summed E-state index contributed by atoms with van der Waals surface area (Å²) >= 11 is 1.69. The first-order chi connectivity index (χ1) is 13.1. The topological polar surface area (TPSA) is 46.3 Å². The fourth-order valence-corrected chi connectivity index (χ4v) is 4.18. The lowest BCUT2D eigenvalue weighted by Crippen LogP contribution is -2.26. The Morgan fingerprint density at radius 3 is 2.44 bits per heavy atom. The highest BCUT2D eigenvalue weighted by molar-refractivity contribution is 8.03. The third-order valence-corrected chi connectivity index (χ3v) is 5.69. The summed E-state index contributed by atoms with van der Waals surface area (Å²) in [6.45, 7) is 4.51. The van der Waals surface area contributed by atoms with Crippen LogP contribution in [0, 0.1) is 13.8 Å². The average Bonchev–Trinajstić information content (AvgIpc) is 3.30. The van der Waals surface area contributed by atoms with Crippen molar-refractivity contribution in [3.05, 3.63) is 82.2 Å². The third kappa shape index (κ3) is 3.55. The zero-order valence-corrected chi connectivity index (χ0v) is 16.1. The minimum absolute atomic E-state index is 0.0256. The number of hydrogen-bond donors (Lipinski definition) is 0. The molecule has 2 aromatic carbocycles. The largest absolute Gasteiger partial charge is 0.361 e. The standard InChI is InChI=1S/C22H20N2O2S/c1-15-20(16(2)26-23-15)14-21-24(12-13-27-21)22(25)19-10-8-18(9-11-19)17-6-4-3-5-7-17/h3-11,14H,12-13H2,1-2H3/b21-14+. The molecular formula is C22H20N2O2S. The summed E-state index contributed by atoms with van der Waals surface area (Å²) in [5, 5.41) is 4.94. The molecule has 0 atom stereocenters. The zero-order chi connectivity index (χ0) is 18.8. The van der Waals surface area contributed by atoms with Crippen LogP contribution < -0.4 is 0 Å². The molecule has 136 valence electrons. The number of benzene rings is 2. The Morgan fingerprint density at radius 2 is 1.78 bits per heavy atom. The molecule has 0 bridgehead atoms. The van der Waals surface area contributed by atoms with Gasteiger partial charge >= 0.3 is 0 Å². The molecule has 1 amide bonds. The minimum Gasteiger partial charge on any atom is -0.361 e. The molecule has 1 aliphatic heterocycles. The van der Waals surface area contributed by atoms with E-state index < -0.39 is 0 Å². The lowest BCUT2D eigenvalue weighted by Gasteiger charge is -2.17. The van der Waals surface area contributed by atoms with E-state index in [1.54, 1.807) is 11.8 Å². The number of nitrogens with zero attached hydrogens (tertiary/aromatic N) is 2. The Bertz CT molecular complexity index is 971. The Labute approximate surface area is 162 Å². The van der Waals surface area contributed by atoms with Crippen molar-refractivity contribution in [2.45, 2.75) is 13.8 Å². The fraction of sp³-hybridized carbons (Fsp3) is 0.182. The van der Waals surface area contributed by atoms with Crippen LogP contribution in [0.15, 0.2) is 64.1 Å². The van der Waals surface area contributed by atoms with Crippen LogP contribution in [0.3, 0.4) is 0 Å². The maximum absolute atomic E-state index is 13.0. The van der Waals surface area contributed by atoms with Crippen LogP contribution in [0.5, 0.6) is 0 Å². The number of amides is 1. The van der Waals surface area contributed by atoms with Crippen molar-refractivity contribution in [2.75, 3.05) is 12.3 Å². The number of rotatable bonds is 3. The maximum atomic E-state index is 13.0. The molecule has 2 heterocycles. The Morgan fingerprint density at radius 1 is 1.07 bits per heavy atom. The molecule has 1 aliphatic rings. The van der Waals surface area contributed by atoms with Crippen LogP contribution >= 0.6 is 11.8 Å². The highest BCUT2D eigenvalue weighted by Gasteiger charge is 2.26. The number of carbonyl (C=O) groups excluding carboxylic acids is 1. The Balaban J connectivity index is 1.58. The van der Waals surface area contributed by atoms with Crippen LogP contribution in [0.2, 0.25) is 0 Å². The van der Waals surface area contributed by atoms with Gasteiger partial charge in [0, 0.05) is 23.4 Å². The van der Waals surface area contributed by atoms with E-state index in [1.165, 1.54) is 0 Å². The molecule has 1 fully saturated rings. The maximum Gasteiger partial charge on any atom is 0.258 e. The van der Waals surface area contributed by atoms with Gasteiger partial charge in [0.15, 0.2) is 0 Å². The van der Waals surface area contributed by atoms with E-state index in [4.69, 9.17) is 4.52 Å². The normalized spacial score (nSPS) is 15.5. The second kappa shape index (κ2) is 7.45. The fourth-order valence-electron chi connectivity index (χ4n) is 3.16. The third-order valence-electron chi connectivity index (χ3n) is 4.67. The van der Waals surface area contributed by atoms with Crippen molar-refractivity contribution in [1.29, 1.82) is 0 Å². The summed E-state index contributed by atoms with van der Waals surface area (Å²) < 4.78 is 5.23. The van der Waals surface area contributed by atoms with E-state index in [2.05, 4.69) is 17.3 Å². The van der Waals surface area contributed by atoms with Gasteiger partial charge in [-0.25, -0.2) is 0 Å². The van der Waals surface area contributed by atoms with Gasteiger partial charge in [-0.1, -0.05) is 47.6 Å². The monoisotopic (exact) mass is 376 g/mol. The van der Waals surface area contributed by atoms with Crippen LogP contribution in [-0.4, -0.2) is 28.3 Å². The van der Waals surface area contributed by atoms with Gasteiger partial charge in [-0.2, -0.15) is 0 Å². The van der Waals surface area contributed by atoms with E-state index in [-0.39, 0.29) is 5.91 Å². The second-order valence-corrected chi connectivity index (χ2v) is 7.58. The van der Waals surface area contributed by atoms with Crippen LogP contribution in [0.1, 0.15) is 27.4 Å². The minimum atomic E-state index is 0.0256. The lowest BCUT2D eigenvalue weighted by molar-refractivity contribution is 0.0831. The molecule has 3 aromatic rings. The van der Waals surface area contributed by atoms with E-state index >= 15 is 0 Å². The molecule has 0 aliphatic carbocycles. The first-order valence-electron chi connectivity index (χ1n) is 8.88. The van der Waals surface area contributed by atoms with Crippen molar-refractivity contribution in [2.24, 2.45) is 0 Å². The van der Waals surface area contributed by atoms with Crippen LogP contribution in [0.25, 0.3) is 17.2 Å².